The van der Waals surface area contributed by atoms with Gasteiger partial charge in [-0.3, -0.25) is 9.59 Å². The molecule has 1 heterocycles. The molecule has 2 amide bonds. The summed E-state index contributed by atoms with van der Waals surface area (Å²) in [6.07, 6.45) is 7.84. The van der Waals surface area contributed by atoms with Gasteiger partial charge in [0, 0.05) is 19.0 Å². The first-order valence-corrected chi connectivity index (χ1v) is 9.31. The second-order valence-corrected chi connectivity index (χ2v) is 7.42. The van der Waals surface area contributed by atoms with Crippen LogP contribution < -0.4 is 10.6 Å². The van der Waals surface area contributed by atoms with E-state index in [4.69, 9.17) is 0 Å². The number of carbonyl (C=O) groups excluding carboxylic acids is 2. The summed E-state index contributed by atoms with van der Waals surface area (Å²) in [5, 5.41) is 5.79. The van der Waals surface area contributed by atoms with Crippen LogP contribution in [0.4, 0.5) is 0 Å². The summed E-state index contributed by atoms with van der Waals surface area (Å²) in [5.74, 6) is 1.44. The maximum absolute atomic E-state index is 12.1. The molecule has 1 aliphatic carbocycles. The molecule has 0 radical (unpaired) electrons. The molecular weight excluding hydrogens is 290 g/mol. The van der Waals surface area contributed by atoms with Crippen LogP contribution in [0.15, 0.2) is 0 Å². The number of hydrogen-bond donors (Lipinski definition) is 2. The standard InChI is InChI=1S/C18H33N3O2/c1-3-14-6-8-16(9-7-14)18(23)20-12-17(22)19-11-15-5-4-10-21(2)13-15/h14-16H,3-13H2,1-2H3,(H,19,22)(H,20,23). The molecular formula is C18H33N3O2. The summed E-state index contributed by atoms with van der Waals surface area (Å²) in [6, 6.07) is 0. The highest BCUT2D eigenvalue weighted by molar-refractivity contribution is 5.85. The molecule has 1 saturated heterocycles. The van der Waals surface area contributed by atoms with Gasteiger partial charge in [-0.25, -0.2) is 0 Å². The van der Waals surface area contributed by atoms with Gasteiger partial charge in [0.15, 0.2) is 0 Å². The molecule has 0 aromatic heterocycles. The molecule has 0 spiro atoms. The fourth-order valence-electron chi connectivity index (χ4n) is 3.91. The van der Waals surface area contributed by atoms with E-state index in [1.54, 1.807) is 0 Å². The van der Waals surface area contributed by atoms with Crippen LogP contribution in [0.25, 0.3) is 0 Å². The van der Waals surface area contributed by atoms with Crippen LogP contribution in [-0.4, -0.2) is 49.9 Å². The van der Waals surface area contributed by atoms with Gasteiger partial charge >= 0.3 is 0 Å². The SMILES string of the molecule is CCC1CCC(C(=O)NCC(=O)NCC2CCCN(C)C2)CC1. The summed E-state index contributed by atoms with van der Waals surface area (Å²) in [6.45, 7) is 5.27. The maximum Gasteiger partial charge on any atom is 0.239 e. The Morgan fingerprint density at radius 3 is 2.43 bits per heavy atom. The molecule has 1 aliphatic heterocycles. The number of nitrogens with zero attached hydrogens (tertiary/aromatic N) is 1. The first kappa shape index (κ1) is 18.2. The van der Waals surface area contributed by atoms with E-state index in [9.17, 15) is 9.59 Å². The molecule has 5 nitrogen and oxygen atoms in total. The van der Waals surface area contributed by atoms with E-state index in [-0.39, 0.29) is 24.3 Å². The average Bonchev–Trinajstić information content (AvgIpc) is 2.58. The van der Waals surface area contributed by atoms with Crippen molar-refractivity contribution in [1.82, 2.24) is 15.5 Å². The number of piperidine rings is 1. The fraction of sp³-hybridized carbons (Fsp3) is 0.889. The first-order valence-electron chi connectivity index (χ1n) is 9.31. The van der Waals surface area contributed by atoms with Gasteiger partial charge in [0.25, 0.3) is 0 Å². The zero-order valence-corrected chi connectivity index (χ0v) is 14.8. The lowest BCUT2D eigenvalue weighted by molar-refractivity contribution is -0.129. The van der Waals surface area contributed by atoms with Crippen molar-refractivity contribution in [3.05, 3.63) is 0 Å². The summed E-state index contributed by atoms with van der Waals surface area (Å²) in [7, 11) is 2.13. The van der Waals surface area contributed by atoms with Gasteiger partial charge in [-0.05, 0) is 64.0 Å². The summed E-state index contributed by atoms with van der Waals surface area (Å²) in [5.41, 5.74) is 0. The molecule has 132 valence electrons. The van der Waals surface area contributed by atoms with Crippen molar-refractivity contribution in [3.63, 3.8) is 0 Å². The summed E-state index contributed by atoms with van der Waals surface area (Å²) in [4.78, 5) is 26.4. The second-order valence-electron chi connectivity index (χ2n) is 7.42. The Balaban J connectivity index is 1.59. The van der Waals surface area contributed by atoms with Crippen molar-refractivity contribution < 1.29 is 9.59 Å². The molecule has 1 unspecified atom stereocenters. The van der Waals surface area contributed by atoms with Gasteiger partial charge in [0.2, 0.25) is 11.8 Å². The van der Waals surface area contributed by atoms with Crippen LogP contribution in [0.2, 0.25) is 0 Å². The third kappa shape index (κ3) is 6.13. The predicted octanol–water partition coefficient (Wildman–Crippen LogP) is 1.78. The van der Waals surface area contributed by atoms with Gasteiger partial charge in [0.1, 0.15) is 0 Å². The van der Waals surface area contributed by atoms with Gasteiger partial charge in [-0.15, -0.1) is 0 Å². The van der Waals surface area contributed by atoms with Crippen LogP contribution in [0, 0.1) is 17.8 Å². The quantitative estimate of drug-likeness (QED) is 0.783. The van der Waals surface area contributed by atoms with Gasteiger partial charge < -0.3 is 15.5 Å². The Labute approximate surface area is 140 Å². The summed E-state index contributed by atoms with van der Waals surface area (Å²) >= 11 is 0. The molecule has 2 rings (SSSR count). The Hall–Kier alpha value is -1.10. The lowest BCUT2D eigenvalue weighted by atomic mass is 9.80. The number of rotatable bonds is 6. The average molecular weight is 323 g/mol. The van der Waals surface area contributed by atoms with Crippen molar-refractivity contribution >= 4 is 11.8 Å². The molecule has 0 bridgehead atoms. The zero-order valence-electron chi connectivity index (χ0n) is 14.8. The minimum atomic E-state index is -0.0613. The lowest BCUT2D eigenvalue weighted by Gasteiger charge is -2.29. The minimum absolute atomic E-state index is 0.0613. The molecule has 1 atom stereocenters. The van der Waals surface area contributed by atoms with Crippen molar-refractivity contribution in [3.8, 4) is 0 Å². The smallest absolute Gasteiger partial charge is 0.239 e. The third-order valence-corrected chi connectivity index (χ3v) is 5.53. The molecule has 2 aliphatic rings. The molecule has 2 N–H and O–H groups in total. The van der Waals surface area contributed by atoms with E-state index in [0.29, 0.717) is 5.92 Å². The third-order valence-electron chi connectivity index (χ3n) is 5.53. The highest BCUT2D eigenvalue weighted by Crippen LogP contribution is 2.30. The molecule has 0 aromatic carbocycles. The van der Waals surface area contributed by atoms with Crippen molar-refractivity contribution in [2.24, 2.45) is 17.8 Å². The Bertz CT molecular complexity index is 392. The van der Waals surface area contributed by atoms with Crippen molar-refractivity contribution in [2.75, 3.05) is 33.2 Å². The minimum Gasteiger partial charge on any atom is -0.354 e. The van der Waals surface area contributed by atoms with Crippen molar-refractivity contribution in [1.29, 1.82) is 0 Å². The first-order chi connectivity index (χ1) is 11.1. The van der Waals surface area contributed by atoms with Gasteiger partial charge in [0.05, 0.1) is 6.54 Å². The van der Waals surface area contributed by atoms with Gasteiger partial charge in [-0.2, -0.15) is 0 Å². The topological polar surface area (TPSA) is 61.4 Å². The number of amides is 2. The Kier molecular flexibility index (Phi) is 7.34. The maximum atomic E-state index is 12.1. The number of likely N-dealkylation sites (tertiary alicyclic amines) is 1. The Morgan fingerprint density at radius 2 is 1.78 bits per heavy atom. The van der Waals surface area contributed by atoms with E-state index in [2.05, 4.69) is 29.5 Å². The lowest BCUT2D eigenvalue weighted by Crippen LogP contribution is -2.43. The Morgan fingerprint density at radius 1 is 1.04 bits per heavy atom. The molecule has 0 aromatic rings. The summed E-state index contributed by atoms with van der Waals surface area (Å²) < 4.78 is 0. The van der Waals surface area contributed by atoms with Crippen LogP contribution in [0.3, 0.4) is 0 Å². The van der Waals surface area contributed by atoms with Crippen LogP contribution in [0.5, 0.6) is 0 Å². The van der Waals surface area contributed by atoms with Gasteiger partial charge in [-0.1, -0.05) is 13.3 Å². The largest absolute Gasteiger partial charge is 0.354 e. The van der Waals surface area contributed by atoms with E-state index in [1.165, 1.54) is 19.3 Å². The highest BCUT2D eigenvalue weighted by Gasteiger charge is 2.25. The number of carbonyl (C=O) groups is 2. The molecule has 23 heavy (non-hydrogen) atoms. The molecule has 5 heteroatoms. The van der Waals surface area contributed by atoms with E-state index >= 15 is 0 Å². The number of nitrogens with one attached hydrogen (secondary N) is 2. The zero-order chi connectivity index (χ0) is 16.7. The second kappa shape index (κ2) is 9.26. The van der Waals surface area contributed by atoms with Crippen LogP contribution >= 0.6 is 0 Å². The molecule has 2 fully saturated rings. The van der Waals surface area contributed by atoms with E-state index < -0.39 is 0 Å². The molecule has 1 saturated carbocycles. The fourth-order valence-corrected chi connectivity index (χ4v) is 3.91. The van der Waals surface area contributed by atoms with E-state index in [0.717, 1.165) is 51.2 Å². The monoisotopic (exact) mass is 323 g/mol. The predicted molar refractivity (Wildman–Crippen MR) is 92.0 cm³/mol. The number of hydrogen-bond acceptors (Lipinski definition) is 3. The van der Waals surface area contributed by atoms with Crippen molar-refractivity contribution in [2.45, 2.75) is 51.9 Å². The van der Waals surface area contributed by atoms with Crippen LogP contribution in [-0.2, 0) is 9.59 Å². The highest BCUT2D eigenvalue weighted by atomic mass is 16.2. The van der Waals surface area contributed by atoms with E-state index in [1.807, 2.05) is 0 Å². The van der Waals surface area contributed by atoms with Crippen LogP contribution in [0.1, 0.15) is 51.9 Å². The normalized spacial score (nSPS) is 29.0.